The number of rotatable bonds is 9. The maximum atomic E-state index is 12.6. The highest BCUT2D eigenvalue weighted by molar-refractivity contribution is 8.02. The fraction of sp³-hybridized carbons (Fsp3) is 0.375. The van der Waals surface area contributed by atoms with E-state index in [-0.39, 0.29) is 34.8 Å². The van der Waals surface area contributed by atoms with E-state index in [0.29, 0.717) is 4.34 Å². The van der Waals surface area contributed by atoms with E-state index < -0.39 is 21.8 Å². The van der Waals surface area contributed by atoms with Crippen molar-refractivity contribution in [3.63, 3.8) is 0 Å². The van der Waals surface area contributed by atoms with Crippen molar-refractivity contribution in [1.29, 1.82) is 0 Å². The lowest BCUT2D eigenvalue weighted by Gasteiger charge is -2.10. The van der Waals surface area contributed by atoms with Gasteiger partial charge in [0.1, 0.15) is 10.8 Å². The van der Waals surface area contributed by atoms with Crippen LogP contribution in [0.5, 0.6) is 11.5 Å². The van der Waals surface area contributed by atoms with Gasteiger partial charge in [0.05, 0.1) is 31.8 Å². The molecule has 2 rings (SSSR count). The van der Waals surface area contributed by atoms with Crippen molar-refractivity contribution in [2.75, 3.05) is 26.1 Å². The summed E-state index contributed by atoms with van der Waals surface area (Å²) in [6.45, 7) is 3.64. The molecule has 0 aliphatic carbocycles. The smallest absolute Gasteiger partial charge is 0.319 e. The number of benzene rings is 1. The second-order valence-electron chi connectivity index (χ2n) is 5.32. The number of anilines is 1. The number of amides is 1. The number of nitro groups is 1. The van der Waals surface area contributed by atoms with Crippen LogP contribution >= 0.6 is 23.1 Å². The number of methoxy groups -OCH3 is 2. The summed E-state index contributed by atoms with van der Waals surface area (Å²) in [5.74, 6) is -0.860. The summed E-state index contributed by atoms with van der Waals surface area (Å²) in [7, 11) is 2.68. The van der Waals surface area contributed by atoms with Crippen LogP contribution in [0.2, 0.25) is 0 Å². The number of nitro benzene ring substituents is 1. The van der Waals surface area contributed by atoms with Crippen molar-refractivity contribution < 1.29 is 28.7 Å². The first-order valence-corrected chi connectivity index (χ1v) is 9.88. The number of hydrogen-bond acceptors (Lipinski definition) is 11. The molecule has 1 aromatic heterocycles. The third-order valence-corrected chi connectivity index (χ3v) is 5.47. The van der Waals surface area contributed by atoms with E-state index in [1.807, 2.05) is 0 Å². The van der Waals surface area contributed by atoms with Crippen molar-refractivity contribution in [3.05, 3.63) is 27.8 Å². The Kier molecular flexibility index (Phi) is 7.73. The number of nitrogens with one attached hydrogen (secondary N) is 1. The van der Waals surface area contributed by atoms with Crippen molar-refractivity contribution in [3.8, 4) is 11.5 Å². The Morgan fingerprint density at radius 2 is 1.93 bits per heavy atom. The third kappa shape index (κ3) is 5.54. The van der Waals surface area contributed by atoms with Crippen molar-refractivity contribution in [2.24, 2.45) is 0 Å². The van der Waals surface area contributed by atoms with Gasteiger partial charge in [-0.3, -0.25) is 25.0 Å². The summed E-state index contributed by atoms with van der Waals surface area (Å²) >= 11 is 2.16. The molecule has 156 valence electrons. The minimum absolute atomic E-state index is 0.123. The van der Waals surface area contributed by atoms with Crippen LogP contribution in [0.1, 0.15) is 24.2 Å². The van der Waals surface area contributed by atoms with Crippen LogP contribution in [0.15, 0.2) is 16.5 Å². The zero-order valence-electron chi connectivity index (χ0n) is 16.0. The number of ether oxygens (including phenoxy) is 3. The van der Waals surface area contributed by atoms with Gasteiger partial charge in [-0.05, 0) is 13.8 Å². The molecule has 1 aromatic carbocycles. The summed E-state index contributed by atoms with van der Waals surface area (Å²) in [6.07, 6.45) is 0. The predicted octanol–water partition coefficient (Wildman–Crippen LogP) is 2.76. The molecule has 0 aliphatic rings. The van der Waals surface area contributed by atoms with Gasteiger partial charge in [-0.15, -0.1) is 10.2 Å². The Balaban J connectivity index is 2.20. The lowest BCUT2D eigenvalue weighted by molar-refractivity contribution is -0.385. The van der Waals surface area contributed by atoms with Crippen LogP contribution in [0, 0.1) is 10.1 Å². The van der Waals surface area contributed by atoms with E-state index in [1.165, 1.54) is 20.3 Å². The number of carbonyl (C=O) groups is 2. The van der Waals surface area contributed by atoms with Gasteiger partial charge in [0.2, 0.25) is 5.13 Å². The Labute approximate surface area is 173 Å². The van der Waals surface area contributed by atoms with Gasteiger partial charge in [0, 0.05) is 6.07 Å². The van der Waals surface area contributed by atoms with E-state index in [4.69, 9.17) is 14.2 Å². The Hall–Kier alpha value is -2.93. The van der Waals surface area contributed by atoms with Gasteiger partial charge in [-0.1, -0.05) is 23.1 Å². The largest absolute Gasteiger partial charge is 0.493 e. The number of esters is 1. The van der Waals surface area contributed by atoms with Crippen LogP contribution in [0.3, 0.4) is 0 Å². The molecule has 11 nitrogen and oxygen atoms in total. The Bertz CT molecular complexity index is 919. The molecule has 29 heavy (non-hydrogen) atoms. The highest BCUT2D eigenvalue weighted by atomic mass is 32.2. The number of hydrogen-bond donors (Lipinski definition) is 1. The van der Waals surface area contributed by atoms with Crippen LogP contribution in [0.4, 0.5) is 10.8 Å². The molecule has 13 heteroatoms. The average Bonchev–Trinajstić information content (AvgIpc) is 3.13. The van der Waals surface area contributed by atoms with Gasteiger partial charge in [-0.25, -0.2) is 0 Å². The molecule has 0 bridgehead atoms. The van der Waals surface area contributed by atoms with Gasteiger partial charge in [0.25, 0.3) is 11.6 Å². The van der Waals surface area contributed by atoms with E-state index in [0.717, 1.165) is 29.2 Å². The zero-order valence-corrected chi connectivity index (χ0v) is 17.6. The van der Waals surface area contributed by atoms with E-state index in [2.05, 4.69) is 15.5 Å². The summed E-state index contributed by atoms with van der Waals surface area (Å²) in [5.41, 5.74) is -0.674. The van der Waals surface area contributed by atoms with Crippen LogP contribution in [0.25, 0.3) is 0 Å². The van der Waals surface area contributed by atoms with E-state index in [9.17, 15) is 19.7 Å². The van der Waals surface area contributed by atoms with E-state index in [1.54, 1.807) is 13.8 Å². The molecule has 0 saturated carbocycles. The molecule has 1 atom stereocenters. The zero-order chi connectivity index (χ0) is 21.6. The summed E-state index contributed by atoms with van der Waals surface area (Å²) in [6, 6.07) is 2.32. The van der Waals surface area contributed by atoms with Crippen molar-refractivity contribution in [2.45, 2.75) is 23.4 Å². The lowest BCUT2D eigenvalue weighted by atomic mass is 10.1. The number of thioether (sulfide) groups is 1. The van der Waals surface area contributed by atoms with Gasteiger partial charge < -0.3 is 14.2 Å². The van der Waals surface area contributed by atoms with Crippen molar-refractivity contribution in [1.82, 2.24) is 10.2 Å². The van der Waals surface area contributed by atoms with Crippen LogP contribution in [-0.4, -0.2) is 53.1 Å². The molecular formula is C16H18N4O7S2. The summed E-state index contributed by atoms with van der Waals surface area (Å²) < 4.78 is 15.5. The number of nitrogens with zero attached hydrogens (tertiary/aromatic N) is 3. The van der Waals surface area contributed by atoms with Crippen LogP contribution < -0.4 is 14.8 Å². The minimum atomic E-state index is -0.760. The first-order chi connectivity index (χ1) is 13.8. The third-order valence-electron chi connectivity index (χ3n) is 3.47. The van der Waals surface area contributed by atoms with Gasteiger partial charge >= 0.3 is 5.97 Å². The van der Waals surface area contributed by atoms with Gasteiger partial charge in [-0.2, -0.15) is 0 Å². The fourth-order valence-corrected chi connectivity index (χ4v) is 4.02. The lowest BCUT2D eigenvalue weighted by Crippen LogP contribution is -2.16. The second-order valence-corrected chi connectivity index (χ2v) is 7.89. The molecule has 2 aromatic rings. The molecule has 1 heterocycles. The molecule has 0 spiro atoms. The quantitative estimate of drug-likeness (QED) is 0.202. The number of aromatic nitrogens is 2. The molecule has 0 fully saturated rings. The first-order valence-electron chi connectivity index (χ1n) is 8.19. The SMILES string of the molecule is CCOC(=O)[C@H](C)Sc1nnc(NC(=O)c2cc(OC)c(OC)cc2[N+](=O)[O-])s1. The van der Waals surface area contributed by atoms with Gasteiger partial charge in [0.15, 0.2) is 15.8 Å². The first kappa shape index (κ1) is 22.4. The number of carbonyl (C=O) groups excluding carboxylic acids is 2. The average molecular weight is 442 g/mol. The highest BCUT2D eigenvalue weighted by Gasteiger charge is 2.26. The minimum Gasteiger partial charge on any atom is -0.493 e. The Morgan fingerprint density at radius 1 is 1.28 bits per heavy atom. The maximum absolute atomic E-state index is 12.6. The van der Waals surface area contributed by atoms with E-state index >= 15 is 0 Å². The predicted molar refractivity (Wildman–Crippen MR) is 106 cm³/mol. The monoisotopic (exact) mass is 442 g/mol. The second kappa shape index (κ2) is 10.0. The van der Waals surface area contributed by atoms with Crippen molar-refractivity contribution >= 4 is 45.8 Å². The fourth-order valence-electron chi connectivity index (χ4n) is 2.13. The summed E-state index contributed by atoms with van der Waals surface area (Å²) in [4.78, 5) is 34.9. The molecular weight excluding hydrogens is 424 g/mol. The maximum Gasteiger partial charge on any atom is 0.319 e. The molecule has 1 N–H and O–H groups in total. The molecule has 0 unspecified atom stereocenters. The molecule has 0 saturated heterocycles. The molecule has 1 amide bonds. The normalized spacial score (nSPS) is 11.4. The Morgan fingerprint density at radius 3 is 2.52 bits per heavy atom. The highest BCUT2D eigenvalue weighted by Crippen LogP contribution is 2.35. The topological polar surface area (TPSA) is 143 Å². The molecule has 0 aliphatic heterocycles. The standard InChI is InChI=1S/C16H18N4O7S2/c1-5-27-14(22)8(2)28-16-19-18-15(29-16)17-13(21)9-6-11(25-3)12(26-4)7-10(9)20(23)24/h6-8H,5H2,1-4H3,(H,17,18,21)/t8-/m0/s1. The molecule has 0 radical (unpaired) electrons. The summed E-state index contributed by atoms with van der Waals surface area (Å²) in [5, 5.41) is 21.2. The van der Waals surface area contributed by atoms with Crippen LogP contribution in [-0.2, 0) is 9.53 Å².